The predicted octanol–water partition coefficient (Wildman–Crippen LogP) is 4.82. The van der Waals surface area contributed by atoms with E-state index < -0.39 is 0 Å². The molecule has 0 saturated carbocycles. The van der Waals surface area contributed by atoms with Crippen LogP contribution in [-0.4, -0.2) is 0 Å². The van der Waals surface area contributed by atoms with Gasteiger partial charge in [0.1, 0.15) is 12.4 Å². The molecular formula is C13H10ClIO. The van der Waals surface area contributed by atoms with Crippen molar-refractivity contribution >= 4 is 30.4 Å². The van der Waals surface area contributed by atoms with Gasteiger partial charge in [-0.2, -0.15) is 0 Å². The van der Waals surface area contributed by atoms with Crippen LogP contribution in [0.5, 0.6) is 5.75 Å². The normalized spacial score (nSPS) is 10.1. The molecule has 0 atom stereocenters. The second-order valence-electron chi connectivity index (χ2n) is 3.49. The van der Waals surface area contributed by atoms with Crippen molar-refractivity contribution in [1.29, 1.82) is 0 Å². The zero-order valence-corrected chi connectivity index (χ0v) is 11.4. The van der Waals surface area contributed by atoms with Crippen LogP contribution in [0.25, 0.3) is 11.1 Å². The monoisotopic (exact) mass is 344 g/mol. The lowest BCUT2D eigenvalue weighted by atomic mass is 9.92. The third-order valence-corrected chi connectivity index (χ3v) is 2.53. The smallest absolute Gasteiger partial charge is 0.128 e. The van der Waals surface area contributed by atoms with Crippen LogP contribution in [0, 0.1) is 0 Å². The van der Waals surface area contributed by atoms with E-state index in [1.54, 1.807) is 21.5 Å². The molecule has 0 bridgehead atoms. The Morgan fingerprint density at radius 2 is 1.75 bits per heavy atom. The molecule has 0 fully saturated rings. The number of hydrogen-bond acceptors (Lipinski definition) is 1. The van der Waals surface area contributed by atoms with Gasteiger partial charge in [0.25, 0.3) is 0 Å². The lowest BCUT2D eigenvalue weighted by Gasteiger charge is -2.20. The number of halogens is 2. The Morgan fingerprint density at radius 1 is 1.00 bits per heavy atom. The lowest BCUT2D eigenvalue weighted by Crippen LogP contribution is -2.01. The van der Waals surface area contributed by atoms with Crippen molar-refractivity contribution in [3.63, 3.8) is 0 Å². The predicted molar refractivity (Wildman–Crippen MR) is 76.1 cm³/mol. The van der Waals surface area contributed by atoms with Crippen LogP contribution in [0.1, 0.15) is 5.56 Å². The molecule has 1 nitrogen and oxygen atoms in total. The van der Waals surface area contributed by atoms with E-state index in [-0.39, 0.29) is 0 Å². The molecule has 0 aromatic heterocycles. The van der Waals surface area contributed by atoms with Gasteiger partial charge in [-0.3, -0.25) is 0 Å². The van der Waals surface area contributed by atoms with Gasteiger partial charge in [0, 0.05) is 27.0 Å². The number of rotatable bonds is 3. The zero-order valence-electron chi connectivity index (χ0n) is 8.49. The van der Waals surface area contributed by atoms with Crippen molar-refractivity contribution in [3.8, 4) is 16.9 Å². The second kappa shape index (κ2) is 5.55. The lowest BCUT2D eigenvalue weighted by molar-refractivity contribution is 0.305. The van der Waals surface area contributed by atoms with Crippen molar-refractivity contribution in [2.45, 2.75) is 6.61 Å². The first kappa shape index (κ1) is 11.7. The fourth-order valence-electron chi connectivity index (χ4n) is 1.61. The van der Waals surface area contributed by atoms with E-state index in [9.17, 15) is 0 Å². The van der Waals surface area contributed by atoms with E-state index in [4.69, 9.17) is 4.74 Å². The van der Waals surface area contributed by atoms with E-state index in [1.807, 2.05) is 18.2 Å². The third kappa shape index (κ3) is 2.33. The average molecular weight is 345 g/mol. The zero-order chi connectivity index (χ0) is 11.4. The van der Waals surface area contributed by atoms with Gasteiger partial charge in [0.05, 0.1) is 0 Å². The minimum Gasteiger partial charge on any atom is -0.488 e. The molecule has 0 heterocycles. The molecule has 16 heavy (non-hydrogen) atoms. The van der Waals surface area contributed by atoms with Crippen molar-refractivity contribution in [1.82, 2.24) is 0 Å². The number of benzene rings is 2. The van der Waals surface area contributed by atoms with Gasteiger partial charge in [-0.1, -0.05) is 42.5 Å². The van der Waals surface area contributed by atoms with Gasteiger partial charge in [-0.15, -0.1) is 0 Å². The Morgan fingerprint density at radius 3 is 2.25 bits per heavy atom. The van der Waals surface area contributed by atoms with Crippen LogP contribution in [-0.2, 0) is 6.61 Å². The number of fused-ring (bicyclic) bond motifs is 1. The molecule has 0 aliphatic heterocycles. The van der Waals surface area contributed by atoms with Gasteiger partial charge >= 0.3 is 0 Å². The Kier molecular flexibility index (Phi) is 4.07. The Bertz CT molecular complexity index is 462. The molecule has 3 heteroatoms. The molecule has 0 unspecified atom stereocenters. The molecule has 0 amide bonds. The highest BCUT2D eigenvalue weighted by Crippen LogP contribution is 2.43. The summed E-state index contributed by atoms with van der Waals surface area (Å²) in [5, 5.41) is 0. The number of hydrogen-bond donors (Lipinski definition) is 0. The van der Waals surface area contributed by atoms with E-state index in [0.29, 0.717) is 6.61 Å². The van der Waals surface area contributed by atoms with Crippen LogP contribution < -0.4 is 4.74 Å². The van der Waals surface area contributed by atoms with Crippen molar-refractivity contribution in [2.75, 3.05) is 0 Å². The molecule has 1 aromatic rings. The molecule has 0 saturated heterocycles. The summed E-state index contributed by atoms with van der Waals surface area (Å²) in [6.45, 7) is 0.664. The molecule has 82 valence electrons. The summed E-state index contributed by atoms with van der Waals surface area (Å²) in [5.41, 5.74) is 3.82. The summed E-state index contributed by atoms with van der Waals surface area (Å²) in [7, 11) is 4.61. The van der Waals surface area contributed by atoms with Gasteiger partial charge in [-0.25, -0.2) is 0 Å². The van der Waals surface area contributed by atoms with Crippen LogP contribution >= 0.6 is 30.4 Å². The molecule has 0 radical (unpaired) electrons. The molecule has 1 aromatic carbocycles. The van der Waals surface area contributed by atoms with E-state index in [1.165, 1.54) is 16.7 Å². The summed E-state index contributed by atoms with van der Waals surface area (Å²) in [6, 6.07) is 16.5. The van der Waals surface area contributed by atoms with Crippen LogP contribution in [0.4, 0.5) is 0 Å². The van der Waals surface area contributed by atoms with Gasteiger partial charge in [0.15, 0.2) is 0 Å². The third-order valence-electron chi connectivity index (χ3n) is 2.53. The minimum atomic E-state index is 0.664. The quantitative estimate of drug-likeness (QED) is 0.619. The Balaban J connectivity index is 0.000000457. The van der Waals surface area contributed by atoms with Gasteiger partial charge in [0.2, 0.25) is 0 Å². The van der Waals surface area contributed by atoms with E-state index in [2.05, 4.69) is 39.2 Å². The summed E-state index contributed by atoms with van der Waals surface area (Å²) in [5.74, 6) is 1.03. The van der Waals surface area contributed by atoms with Gasteiger partial charge in [-0.05, 0) is 26.1 Å². The summed E-state index contributed by atoms with van der Waals surface area (Å²) in [4.78, 5) is 0. The van der Waals surface area contributed by atoms with Crippen LogP contribution in [0.3, 0.4) is 0 Å². The van der Waals surface area contributed by atoms with E-state index in [0.717, 1.165) is 5.75 Å². The number of ether oxygens (including phenoxy) is 1. The highest BCUT2D eigenvalue weighted by atomic mass is 127. The first-order valence-electron chi connectivity index (χ1n) is 4.89. The summed E-state index contributed by atoms with van der Waals surface area (Å²) >= 11 is 1.62. The molecule has 0 N–H and O–H groups in total. The fourth-order valence-corrected chi connectivity index (χ4v) is 1.61. The highest BCUT2D eigenvalue weighted by molar-refractivity contribution is 14.1. The topological polar surface area (TPSA) is 9.23 Å². The fraction of sp³-hybridized carbons (Fsp3) is 0.0769. The largest absolute Gasteiger partial charge is 0.488 e. The molecule has 2 aliphatic rings. The van der Waals surface area contributed by atoms with Gasteiger partial charge < -0.3 is 4.74 Å². The van der Waals surface area contributed by atoms with Crippen molar-refractivity contribution < 1.29 is 4.74 Å². The second-order valence-corrected chi connectivity index (χ2v) is 3.49. The van der Waals surface area contributed by atoms with Crippen LogP contribution in [0.15, 0.2) is 48.5 Å². The summed E-state index contributed by atoms with van der Waals surface area (Å²) < 4.78 is 5.65. The standard InChI is InChI=1S/C13H10O.ClI/c1-2-4-10(5-3-1)9-14-13-8-11-6-7-12(11)13;1-2/h1-8H,9H2;. The molecule has 2 aliphatic carbocycles. The maximum atomic E-state index is 5.65. The SMILES string of the molecule is ClI.c1ccc(COc2cc3ccc2-3)cc1. The summed E-state index contributed by atoms with van der Waals surface area (Å²) in [6.07, 6.45) is 0. The Hall–Kier alpha value is -0.740. The first-order chi connectivity index (χ1) is 7.93. The molecule has 0 spiro atoms. The molecular weight excluding hydrogens is 334 g/mol. The van der Waals surface area contributed by atoms with Crippen molar-refractivity contribution in [2.24, 2.45) is 0 Å². The van der Waals surface area contributed by atoms with Crippen LogP contribution in [0.2, 0.25) is 0 Å². The van der Waals surface area contributed by atoms with Crippen molar-refractivity contribution in [3.05, 3.63) is 54.1 Å². The van der Waals surface area contributed by atoms with E-state index >= 15 is 0 Å². The Labute approximate surface area is 112 Å². The average Bonchev–Trinajstić information content (AvgIpc) is 2.35. The maximum absolute atomic E-state index is 5.65. The maximum Gasteiger partial charge on any atom is 0.128 e. The highest BCUT2D eigenvalue weighted by Gasteiger charge is 2.17. The molecule has 3 rings (SSSR count). The first-order valence-corrected chi connectivity index (χ1v) is 7.62. The minimum absolute atomic E-state index is 0.664.